The molecule has 0 spiro atoms. The molecule has 0 aliphatic carbocycles. The summed E-state index contributed by atoms with van der Waals surface area (Å²) in [7, 11) is 0. The molecule has 2 amide bonds. The maximum absolute atomic E-state index is 12.6. The number of amides is 2. The topological polar surface area (TPSA) is 126 Å². The molecule has 2 rings (SSSR count). The molecule has 0 radical (unpaired) electrons. The first-order valence-corrected chi connectivity index (χ1v) is 10.6. The van der Waals surface area contributed by atoms with Gasteiger partial charge in [-0.3, -0.25) is 9.59 Å². The number of nitrogens with one attached hydrogen (secondary N) is 2. The number of ether oxygens (including phenoxy) is 2. The minimum atomic E-state index is -1.10. The Labute approximate surface area is 196 Å². The second-order valence-electron chi connectivity index (χ2n) is 7.26. The second kappa shape index (κ2) is 12.4. The summed E-state index contributed by atoms with van der Waals surface area (Å²) in [6.07, 6.45) is 1.40. The molecule has 0 aliphatic rings. The van der Waals surface area contributed by atoms with Gasteiger partial charge in [0.2, 0.25) is 0 Å². The normalized spacial score (nSPS) is 11.8. The van der Waals surface area contributed by atoms with Crippen molar-refractivity contribution in [2.24, 2.45) is 11.0 Å². The van der Waals surface area contributed by atoms with Gasteiger partial charge in [0.1, 0.15) is 6.04 Å². The van der Waals surface area contributed by atoms with Gasteiger partial charge < -0.3 is 19.9 Å². The van der Waals surface area contributed by atoms with Crippen LogP contribution in [0.3, 0.4) is 0 Å². The Balaban J connectivity index is 2.05. The highest BCUT2D eigenvalue weighted by molar-refractivity contribution is 6.31. The lowest BCUT2D eigenvalue weighted by Crippen LogP contribution is -2.48. The van der Waals surface area contributed by atoms with E-state index in [-0.39, 0.29) is 11.7 Å². The number of carbonyl (C=O) groups excluding carboxylic acids is 2. The highest BCUT2D eigenvalue weighted by Crippen LogP contribution is 2.28. The van der Waals surface area contributed by atoms with Gasteiger partial charge >= 0.3 is 5.97 Å². The molecule has 9 nitrogen and oxygen atoms in total. The summed E-state index contributed by atoms with van der Waals surface area (Å²) in [4.78, 5) is 35.8. The molecule has 0 saturated carbocycles. The molecule has 0 aromatic heterocycles. The lowest BCUT2D eigenvalue weighted by atomic mass is 10.0. The second-order valence-corrected chi connectivity index (χ2v) is 7.70. The number of nitrogens with zero attached hydrogens (tertiary/aromatic N) is 1. The van der Waals surface area contributed by atoms with Gasteiger partial charge in [-0.2, -0.15) is 5.10 Å². The van der Waals surface area contributed by atoms with Crippen molar-refractivity contribution in [3.63, 3.8) is 0 Å². The van der Waals surface area contributed by atoms with Crippen molar-refractivity contribution in [1.29, 1.82) is 0 Å². The summed E-state index contributed by atoms with van der Waals surface area (Å²) >= 11 is 5.93. The van der Waals surface area contributed by atoms with Crippen LogP contribution < -0.4 is 20.2 Å². The third kappa shape index (κ3) is 8.12. The number of halogens is 1. The lowest BCUT2D eigenvalue weighted by Gasteiger charge is -2.20. The number of rotatable bonds is 11. The van der Waals surface area contributed by atoms with Crippen LogP contribution in [-0.4, -0.2) is 48.4 Å². The van der Waals surface area contributed by atoms with Crippen LogP contribution in [0.1, 0.15) is 36.7 Å². The van der Waals surface area contributed by atoms with Gasteiger partial charge in [0.15, 0.2) is 18.1 Å². The first kappa shape index (κ1) is 25.7. The smallest absolute Gasteiger partial charge is 0.341 e. The quantitative estimate of drug-likeness (QED) is 0.338. The standard InChI is InChI=1S/C23H26ClN3O6/c1-4-32-19-10-15(8-9-18(19)33-13-20(28)29)12-25-27-23(31)21(14(2)3)26-22(30)16-6-5-7-17(24)11-16/h5-12,14,21H,4,13H2,1-3H3,(H,26,30)(H,27,31)(H,28,29). The Bertz CT molecular complexity index is 1030. The van der Waals surface area contributed by atoms with E-state index in [4.69, 9.17) is 26.2 Å². The van der Waals surface area contributed by atoms with E-state index in [0.717, 1.165) is 0 Å². The molecule has 1 atom stereocenters. The molecule has 176 valence electrons. The van der Waals surface area contributed by atoms with E-state index in [1.54, 1.807) is 57.2 Å². The lowest BCUT2D eigenvalue weighted by molar-refractivity contribution is -0.139. The SMILES string of the molecule is CCOc1cc(C=NNC(=O)C(NC(=O)c2cccc(Cl)c2)C(C)C)ccc1OCC(=O)O. The molecule has 10 heteroatoms. The first-order valence-electron chi connectivity index (χ1n) is 10.2. The van der Waals surface area contributed by atoms with Crippen LogP contribution in [0.2, 0.25) is 5.02 Å². The van der Waals surface area contributed by atoms with Gasteiger partial charge in [-0.05, 0) is 54.8 Å². The summed E-state index contributed by atoms with van der Waals surface area (Å²) in [6, 6.07) is 10.4. The van der Waals surface area contributed by atoms with Gasteiger partial charge in [0, 0.05) is 10.6 Å². The van der Waals surface area contributed by atoms with Crippen molar-refractivity contribution < 1.29 is 29.0 Å². The van der Waals surface area contributed by atoms with E-state index in [0.29, 0.717) is 28.5 Å². The Hall–Kier alpha value is -3.59. The fourth-order valence-corrected chi connectivity index (χ4v) is 2.95. The number of aliphatic carboxylic acids is 1. The van der Waals surface area contributed by atoms with Gasteiger partial charge in [0.05, 0.1) is 12.8 Å². The van der Waals surface area contributed by atoms with Gasteiger partial charge in [0.25, 0.3) is 11.8 Å². The highest BCUT2D eigenvalue weighted by atomic mass is 35.5. The van der Waals surface area contributed by atoms with Crippen LogP contribution >= 0.6 is 11.6 Å². The van der Waals surface area contributed by atoms with E-state index in [1.807, 2.05) is 0 Å². The summed E-state index contributed by atoms with van der Waals surface area (Å²) in [6.45, 7) is 5.24. The zero-order chi connectivity index (χ0) is 24.4. The minimum Gasteiger partial charge on any atom is -0.490 e. The van der Waals surface area contributed by atoms with Crippen LogP contribution in [0.15, 0.2) is 47.6 Å². The average molecular weight is 476 g/mol. The molecule has 0 heterocycles. The van der Waals surface area contributed by atoms with E-state index >= 15 is 0 Å². The van der Waals surface area contributed by atoms with Crippen molar-refractivity contribution in [3.8, 4) is 11.5 Å². The number of hydrogen-bond donors (Lipinski definition) is 3. The van der Waals surface area contributed by atoms with Crippen LogP contribution in [0.25, 0.3) is 0 Å². The third-order valence-corrected chi connectivity index (χ3v) is 4.56. The largest absolute Gasteiger partial charge is 0.490 e. The van der Waals surface area contributed by atoms with Gasteiger partial charge in [-0.15, -0.1) is 0 Å². The fourth-order valence-electron chi connectivity index (χ4n) is 2.76. The predicted octanol–water partition coefficient (Wildman–Crippen LogP) is 3.11. The predicted molar refractivity (Wildman–Crippen MR) is 124 cm³/mol. The Kier molecular flexibility index (Phi) is 9.68. The van der Waals surface area contributed by atoms with E-state index < -0.39 is 30.4 Å². The molecule has 0 bridgehead atoms. The van der Waals surface area contributed by atoms with Gasteiger partial charge in [-0.1, -0.05) is 31.5 Å². The maximum Gasteiger partial charge on any atom is 0.341 e. The fraction of sp³-hybridized carbons (Fsp3) is 0.304. The average Bonchev–Trinajstić information content (AvgIpc) is 2.76. The Morgan fingerprint density at radius 1 is 1.12 bits per heavy atom. The van der Waals surface area contributed by atoms with E-state index in [9.17, 15) is 14.4 Å². The first-order chi connectivity index (χ1) is 15.7. The molecule has 1 unspecified atom stereocenters. The van der Waals surface area contributed by atoms with Crippen molar-refractivity contribution in [1.82, 2.24) is 10.7 Å². The Morgan fingerprint density at radius 2 is 1.88 bits per heavy atom. The Morgan fingerprint density at radius 3 is 2.52 bits per heavy atom. The number of carboxylic acid groups (broad SMARTS) is 1. The molecular weight excluding hydrogens is 450 g/mol. The van der Waals surface area contributed by atoms with Crippen molar-refractivity contribution in [2.45, 2.75) is 26.8 Å². The van der Waals surface area contributed by atoms with Crippen molar-refractivity contribution in [2.75, 3.05) is 13.2 Å². The summed E-state index contributed by atoms with van der Waals surface area (Å²) in [5.74, 6) is -1.57. The third-order valence-electron chi connectivity index (χ3n) is 4.33. The number of hydrogen-bond acceptors (Lipinski definition) is 6. The number of carbonyl (C=O) groups is 3. The maximum atomic E-state index is 12.6. The van der Waals surface area contributed by atoms with E-state index in [2.05, 4.69) is 15.8 Å². The number of carboxylic acids is 1. The number of hydrazone groups is 1. The zero-order valence-electron chi connectivity index (χ0n) is 18.5. The zero-order valence-corrected chi connectivity index (χ0v) is 19.3. The summed E-state index contributed by atoms with van der Waals surface area (Å²) < 4.78 is 10.7. The molecule has 0 aliphatic heterocycles. The van der Waals surface area contributed by atoms with Crippen LogP contribution in [0.4, 0.5) is 0 Å². The van der Waals surface area contributed by atoms with Crippen LogP contribution in [0.5, 0.6) is 11.5 Å². The van der Waals surface area contributed by atoms with Gasteiger partial charge in [-0.25, -0.2) is 10.2 Å². The minimum absolute atomic E-state index is 0.196. The molecule has 3 N–H and O–H groups in total. The van der Waals surface area contributed by atoms with Crippen molar-refractivity contribution in [3.05, 3.63) is 58.6 Å². The molecule has 0 saturated heterocycles. The molecule has 33 heavy (non-hydrogen) atoms. The molecule has 2 aromatic carbocycles. The van der Waals surface area contributed by atoms with Crippen LogP contribution in [-0.2, 0) is 9.59 Å². The van der Waals surface area contributed by atoms with Crippen molar-refractivity contribution >= 4 is 35.6 Å². The van der Waals surface area contributed by atoms with Crippen LogP contribution in [0, 0.1) is 5.92 Å². The molecule has 0 fully saturated rings. The monoisotopic (exact) mass is 475 g/mol. The molecular formula is C23H26ClN3O6. The summed E-state index contributed by atoms with van der Waals surface area (Å²) in [5.41, 5.74) is 3.36. The summed E-state index contributed by atoms with van der Waals surface area (Å²) in [5, 5.41) is 15.8. The number of benzene rings is 2. The molecule has 2 aromatic rings. The van der Waals surface area contributed by atoms with E-state index in [1.165, 1.54) is 12.3 Å². The highest BCUT2D eigenvalue weighted by Gasteiger charge is 2.24.